The van der Waals surface area contributed by atoms with E-state index >= 15 is 0 Å². The number of fused-ring (bicyclic) bond motifs is 2. The molecule has 8 nitrogen and oxygen atoms in total. The summed E-state index contributed by atoms with van der Waals surface area (Å²) in [4.78, 5) is 11.7. The molecule has 2 fully saturated rings. The van der Waals surface area contributed by atoms with Gasteiger partial charge in [0, 0.05) is 36.7 Å². The summed E-state index contributed by atoms with van der Waals surface area (Å²) in [5, 5.41) is 12.5. The van der Waals surface area contributed by atoms with Crippen molar-refractivity contribution in [3.8, 4) is 11.3 Å². The van der Waals surface area contributed by atoms with Gasteiger partial charge in [-0.05, 0) is 24.3 Å². The lowest BCUT2D eigenvalue weighted by Gasteiger charge is -2.26. The molecule has 0 amide bonds. The van der Waals surface area contributed by atoms with Crippen LogP contribution in [0.3, 0.4) is 0 Å². The SMILES string of the molecule is NCC1(c2ccon2)C2CCN(c3cnc4c(-c5cccc(Cl)c5Cl)[nH]nc4n3)CC21. The summed E-state index contributed by atoms with van der Waals surface area (Å²) >= 11 is 12.6. The average Bonchev–Trinajstić information content (AvgIpc) is 3.15. The van der Waals surface area contributed by atoms with E-state index in [9.17, 15) is 0 Å². The summed E-state index contributed by atoms with van der Waals surface area (Å²) in [6.45, 7) is 2.31. The third-order valence-electron chi connectivity index (χ3n) is 6.88. The Bertz CT molecular complexity index is 1270. The van der Waals surface area contributed by atoms with Crippen molar-refractivity contribution < 1.29 is 4.52 Å². The fourth-order valence-corrected chi connectivity index (χ4v) is 5.64. The van der Waals surface area contributed by atoms with E-state index in [0.717, 1.165) is 36.6 Å². The normalized spacial score (nSPS) is 25.1. The van der Waals surface area contributed by atoms with Crippen LogP contribution in [-0.4, -0.2) is 45.0 Å². The van der Waals surface area contributed by atoms with Crippen molar-refractivity contribution in [2.24, 2.45) is 17.6 Å². The first-order valence-electron chi connectivity index (χ1n) is 10.1. The highest BCUT2D eigenvalue weighted by molar-refractivity contribution is 6.43. The molecule has 6 rings (SSSR count). The van der Waals surface area contributed by atoms with Gasteiger partial charge in [-0.2, -0.15) is 5.10 Å². The van der Waals surface area contributed by atoms with Gasteiger partial charge in [0.2, 0.25) is 5.65 Å². The predicted octanol–water partition coefficient (Wildman–Crippen LogP) is 3.67. The number of piperidine rings is 1. The summed E-state index contributed by atoms with van der Waals surface area (Å²) in [7, 11) is 0. The zero-order chi connectivity index (χ0) is 21.2. The van der Waals surface area contributed by atoms with Crippen molar-refractivity contribution in [3.63, 3.8) is 0 Å². The van der Waals surface area contributed by atoms with Crippen LogP contribution in [0.5, 0.6) is 0 Å². The van der Waals surface area contributed by atoms with Gasteiger partial charge in [0.15, 0.2) is 0 Å². The molecule has 4 heterocycles. The molecule has 2 aliphatic rings. The number of rotatable bonds is 4. The number of hydrogen-bond acceptors (Lipinski definition) is 7. The van der Waals surface area contributed by atoms with Crippen LogP contribution in [-0.2, 0) is 5.41 Å². The van der Waals surface area contributed by atoms with E-state index in [0.29, 0.717) is 45.3 Å². The van der Waals surface area contributed by atoms with Crippen LogP contribution in [0.1, 0.15) is 12.1 Å². The Kier molecular flexibility index (Phi) is 4.25. The van der Waals surface area contributed by atoms with Crippen LogP contribution in [0.2, 0.25) is 10.0 Å². The van der Waals surface area contributed by atoms with E-state index in [1.165, 1.54) is 0 Å². The van der Waals surface area contributed by atoms with E-state index in [1.54, 1.807) is 18.5 Å². The number of halogens is 2. The van der Waals surface area contributed by atoms with Gasteiger partial charge in [-0.3, -0.25) is 5.10 Å². The Morgan fingerprint density at radius 1 is 1.26 bits per heavy atom. The minimum atomic E-state index is -0.0951. The van der Waals surface area contributed by atoms with Crippen LogP contribution in [0.25, 0.3) is 22.4 Å². The average molecular weight is 456 g/mol. The molecular formula is C21H19Cl2N7O. The maximum Gasteiger partial charge on any atom is 0.202 e. The Morgan fingerprint density at radius 2 is 2.16 bits per heavy atom. The number of hydrogen-bond donors (Lipinski definition) is 2. The Hall–Kier alpha value is -2.68. The zero-order valence-corrected chi connectivity index (χ0v) is 17.9. The first kappa shape index (κ1) is 19.0. The van der Waals surface area contributed by atoms with Gasteiger partial charge >= 0.3 is 0 Å². The molecule has 3 unspecified atom stereocenters. The van der Waals surface area contributed by atoms with Crippen molar-refractivity contribution in [2.75, 3.05) is 24.5 Å². The molecule has 1 aliphatic heterocycles. The number of anilines is 1. The molecule has 31 heavy (non-hydrogen) atoms. The molecule has 3 N–H and O–H groups in total. The highest BCUT2D eigenvalue weighted by atomic mass is 35.5. The fourth-order valence-electron chi connectivity index (χ4n) is 5.25. The molecule has 4 aromatic rings. The smallest absolute Gasteiger partial charge is 0.202 e. The van der Waals surface area contributed by atoms with E-state index in [2.05, 4.69) is 25.2 Å². The minimum absolute atomic E-state index is 0.0951. The van der Waals surface area contributed by atoms with Gasteiger partial charge < -0.3 is 15.2 Å². The topological polar surface area (TPSA) is 110 Å². The van der Waals surface area contributed by atoms with Crippen molar-refractivity contribution in [3.05, 3.63) is 52.5 Å². The van der Waals surface area contributed by atoms with Crippen LogP contribution >= 0.6 is 23.2 Å². The van der Waals surface area contributed by atoms with E-state index in [4.69, 9.17) is 38.4 Å². The lowest BCUT2D eigenvalue weighted by atomic mass is 9.97. The molecule has 10 heteroatoms. The molecule has 3 atom stereocenters. The molecular weight excluding hydrogens is 437 g/mol. The molecule has 1 saturated heterocycles. The molecule has 158 valence electrons. The number of aromatic amines is 1. The van der Waals surface area contributed by atoms with Crippen molar-refractivity contribution in [2.45, 2.75) is 11.8 Å². The minimum Gasteiger partial charge on any atom is -0.364 e. The van der Waals surface area contributed by atoms with Crippen LogP contribution in [0.15, 0.2) is 41.2 Å². The van der Waals surface area contributed by atoms with E-state index in [-0.39, 0.29) is 5.41 Å². The third-order valence-corrected chi connectivity index (χ3v) is 7.70. The molecule has 3 aromatic heterocycles. The van der Waals surface area contributed by atoms with Gasteiger partial charge in [-0.1, -0.05) is 40.5 Å². The lowest BCUT2D eigenvalue weighted by Crippen LogP contribution is -2.32. The van der Waals surface area contributed by atoms with Gasteiger partial charge in [0.1, 0.15) is 17.6 Å². The molecule has 1 aliphatic carbocycles. The number of nitrogens with one attached hydrogen (secondary N) is 1. The maximum absolute atomic E-state index is 6.38. The van der Waals surface area contributed by atoms with E-state index < -0.39 is 0 Å². The molecule has 0 bridgehead atoms. The summed E-state index contributed by atoms with van der Waals surface area (Å²) in [6, 6.07) is 7.41. The summed E-state index contributed by atoms with van der Waals surface area (Å²) in [5.74, 6) is 1.76. The van der Waals surface area contributed by atoms with Gasteiger partial charge in [0.25, 0.3) is 0 Å². The van der Waals surface area contributed by atoms with E-state index in [1.807, 2.05) is 18.2 Å². The third kappa shape index (κ3) is 2.71. The van der Waals surface area contributed by atoms with Crippen molar-refractivity contribution in [1.82, 2.24) is 25.3 Å². The molecule has 0 radical (unpaired) electrons. The second-order valence-electron chi connectivity index (χ2n) is 8.18. The fraction of sp³-hybridized carbons (Fsp3) is 0.333. The number of H-pyrrole nitrogens is 1. The monoisotopic (exact) mass is 455 g/mol. The number of nitrogens with zero attached hydrogens (tertiary/aromatic N) is 5. The summed E-state index contributed by atoms with van der Waals surface area (Å²) < 4.78 is 5.09. The highest BCUT2D eigenvalue weighted by Gasteiger charge is 2.67. The Labute approximate surface area is 187 Å². The Balaban J connectivity index is 1.30. The standard InChI is InChI=1S/C21H19Cl2N7O/c22-14-3-1-2-11(17(14)23)18-19-20(28-27-18)26-16(8-25-19)30-6-4-12-13(9-30)21(12,10-24)15-5-7-31-29-15/h1-3,5,7-8,12-13H,4,6,9-10,24H2,(H,26,27,28). The van der Waals surface area contributed by atoms with Crippen LogP contribution in [0, 0.1) is 11.8 Å². The summed E-state index contributed by atoms with van der Waals surface area (Å²) in [5.41, 5.74) is 9.72. The van der Waals surface area contributed by atoms with Crippen LogP contribution < -0.4 is 10.6 Å². The first-order chi connectivity index (χ1) is 15.1. The largest absolute Gasteiger partial charge is 0.364 e. The number of aromatic nitrogens is 5. The predicted molar refractivity (Wildman–Crippen MR) is 118 cm³/mol. The maximum atomic E-state index is 6.38. The van der Waals surface area contributed by atoms with Gasteiger partial charge in [-0.25, -0.2) is 9.97 Å². The molecule has 1 aromatic carbocycles. The molecule has 0 spiro atoms. The zero-order valence-electron chi connectivity index (χ0n) is 16.4. The quantitative estimate of drug-likeness (QED) is 0.482. The second-order valence-corrected chi connectivity index (χ2v) is 8.96. The lowest BCUT2D eigenvalue weighted by molar-refractivity contribution is 0.397. The number of nitrogens with two attached hydrogens (primary N) is 1. The summed E-state index contributed by atoms with van der Waals surface area (Å²) in [6.07, 6.45) is 4.44. The van der Waals surface area contributed by atoms with Crippen LogP contribution in [0.4, 0.5) is 5.82 Å². The van der Waals surface area contributed by atoms with Crippen molar-refractivity contribution >= 4 is 40.2 Å². The highest BCUT2D eigenvalue weighted by Crippen LogP contribution is 2.62. The van der Waals surface area contributed by atoms with Gasteiger partial charge in [0.05, 0.1) is 27.6 Å². The number of benzene rings is 1. The van der Waals surface area contributed by atoms with Crippen molar-refractivity contribution in [1.29, 1.82) is 0 Å². The molecule has 1 saturated carbocycles. The first-order valence-corrected chi connectivity index (χ1v) is 10.9. The second kappa shape index (κ2) is 6.91. The Morgan fingerprint density at radius 3 is 2.97 bits per heavy atom. The van der Waals surface area contributed by atoms with Gasteiger partial charge in [-0.15, -0.1) is 0 Å².